The standard InChI is InChI=1S/C12H14ClNO/c13-7-12(15)10-5-8-3-1-2-4-9(8)6-11(10)14/h5-6H,1-4,7,14H2. The fourth-order valence-electron chi connectivity index (χ4n) is 2.12. The van der Waals surface area contributed by atoms with Crippen molar-refractivity contribution in [1.29, 1.82) is 0 Å². The van der Waals surface area contributed by atoms with E-state index in [1.54, 1.807) is 0 Å². The van der Waals surface area contributed by atoms with E-state index in [0.29, 0.717) is 11.3 Å². The Morgan fingerprint density at radius 1 is 1.27 bits per heavy atom. The molecule has 1 aromatic carbocycles. The molecule has 3 heteroatoms. The van der Waals surface area contributed by atoms with Gasteiger partial charge in [-0.3, -0.25) is 4.79 Å². The number of alkyl halides is 1. The Morgan fingerprint density at radius 3 is 2.47 bits per heavy atom. The minimum absolute atomic E-state index is 0.00296. The highest BCUT2D eigenvalue weighted by Crippen LogP contribution is 2.26. The van der Waals surface area contributed by atoms with Crippen LogP contribution in [0.5, 0.6) is 0 Å². The van der Waals surface area contributed by atoms with Crippen molar-refractivity contribution in [3.05, 3.63) is 28.8 Å². The average Bonchev–Trinajstić information content (AvgIpc) is 2.27. The van der Waals surface area contributed by atoms with Gasteiger partial charge in [-0.1, -0.05) is 0 Å². The molecule has 0 amide bonds. The van der Waals surface area contributed by atoms with E-state index in [1.165, 1.54) is 24.0 Å². The van der Waals surface area contributed by atoms with Crippen molar-refractivity contribution in [2.75, 3.05) is 11.6 Å². The number of rotatable bonds is 2. The summed E-state index contributed by atoms with van der Waals surface area (Å²) in [4.78, 5) is 11.5. The number of nitrogens with two attached hydrogens (primary N) is 1. The first-order chi connectivity index (χ1) is 7.22. The van der Waals surface area contributed by atoms with Crippen molar-refractivity contribution in [3.8, 4) is 0 Å². The molecule has 0 saturated heterocycles. The van der Waals surface area contributed by atoms with Crippen molar-refractivity contribution in [3.63, 3.8) is 0 Å². The molecule has 2 rings (SSSR count). The molecule has 0 heterocycles. The monoisotopic (exact) mass is 223 g/mol. The number of fused-ring (bicyclic) bond motifs is 1. The lowest BCUT2D eigenvalue weighted by molar-refractivity contribution is 0.102. The van der Waals surface area contributed by atoms with Gasteiger partial charge in [0.2, 0.25) is 0 Å². The van der Waals surface area contributed by atoms with Crippen molar-refractivity contribution in [1.82, 2.24) is 0 Å². The van der Waals surface area contributed by atoms with Crippen molar-refractivity contribution < 1.29 is 4.79 Å². The molecule has 0 radical (unpaired) electrons. The van der Waals surface area contributed by atoms with Gasteiger partial charge in [0, 0.05) is 11.3 Å². The summed E-state index contributed by atoms with van der Waals surface area (Å²) < 4.78 is 0. The number of hydrogen-bond donors (Lipinski definition) is 1. The second kappa shape index (κ2) is 4.23. The highest BCUT2D eigenvalue weighted by atomic mass is 35.5. The molecule has 2 nitrogen and oxygen atoms in total. The maximum Gasteiger partial charge on any atom is 0.179 e. The third-order valence-corrected chi connectivity index (χ3v) is 3.18. The van der Waals surface area contributed by atoms with E-state index in [1.807, 2.05) is 12.1 Å². The first-order valence-electron chi connectivity index (χ1n) is 5.23. The lowest BCUT2D eigenvalue weighted by Gasteiger charge is -2.17. The third kappa shape index (κ3) is 2.00. The predicted molar refractivity (Wildman–Crippen MR) is 62.5 cm³/mol. The van der Waals surface area contributed by atoms with Crippen molar-refractivity contribution in [2.24, 2.45) is 0 Å². The molecule has 0 fully saturated rings. The van der Waals surface area contributed by atoms with E-state index in [-0.39, 0.29) is 11.7 Å². The Hall–Kier alpha value is -1.02. The van der Waals surface area contributed by atoms with Gasteiger partial charge in [-0.25, -0.2) is 0 Å². The van der Waals surface area contributed by atoms with Gasteiger partial charge in [0.25, 0.3) is 0 Å². The van der Waals surface area contributed by atoms with Gasteiger partial charge in [0.15, 0.2) is 5.78 Å². The molecule has 80 valence electrons. The van der Waals surface area contributed by atoms with E-state index in [9.17, 15) is 4.79 Å². The van der Waals surface area contributed by atoms with Gasteiger partial charge in [0.05, 0.1) is 5.88 Å². The van der Waals surface area contributed by atoms with Gasteiger partial charge in [-0.15, -0.1) is 11.6 Å². The number of benzene rings is 1. The molecular formula is C12H14ClNO. The van der Waals surface area contributed by atoms with Crippen LogP contribution in [0.3, 0.4) is 0 Å². The average molecular weight is 224 g/mol. The minimum Gasteiger partial charge on any atom is -0.398 e. The summed E-state index contributed by atoms with van der Waals surface area (Å²) >= 11 is 5.54. The smallest absolute Gasteiger partial charge is 0.179 e. The zero-order valence-electron chi connectivity index (χ0n) is 8.55. The number of halogens is 1. The number of aryl methyl sites for hydroxylation is 2. The Morgan fingerprint density at radius 2 is 1.87 bits per heavy atom. The minimum atomic E-state index is -0.0810. The normalized spacial score (nSPS) is 14.7. The second-order valence-electron chi connectivity index (χ2n) is 3.97. The summed E-state index contributed by atoms with van der Waals surface area (Å²) in [7, 11) is 0. The van der Waals surface area contributed by atoms with Crippen LogP contribution in [0.4, 0.5) is 5.69 Å². The number of Topliss-reactive ketones (excluding diaryl/α,β-unsaturated/α-hetero) is 1. The number of ketones is 1. The highest BCUT2D eigenvalue weighted by Gasteiger charge is 2.15. The Kier molecular flexibility index (Phi) is 2.96. The zero-order valence-corrected chi connectivity index (χ0v) is 9.31. The van der Waals surface area contributed by atoms with Crippen LogP contribution in [0.15, 0.2) is 12.1 Å². The van der Waals surface area contributed by atoms with E-state index in [2.05, 4.69) is 0 Å². The van der Waals surface area contributed by atoms with Crippen molar-refractivity contribution in [2.45, 2.75) is 25.7 Å². The summed E-state index contributed by atoms with van der Waals surface area (Å²) in [6, 6.07) is 3.86. The lowest BCUT2D eigenvalue weighted by Crippen LogP contribution is -2.10. The fraction of sp³-hybridized carbons (Fsp3) is 0.417. The van der Waals surface area contributed by atoms with E-state index < -0.39 is 0 Å². The topological polar surface area (TPSA) is 43.1 Å². The quantitative estimate of drug-likeness (QED) is 0.476. The molecule has 1 aliphatic rings. The maximum atomic E-state index is 11.5. The summed E-state index contributed by atoms with van der Waals surface area (Å²) in [5, 5.41) is 0. The SMILES string of the molecule is Nc1cc2c(cc1C(=O)CCl)CCCC2. The second-order valence-corrected chi connectivity index (χ2v) is 4.24. The highest BCUT2D eigenvalue weighted by molar-refractivity contribution is 6.31. The zero-order chi connectivity index (χ0) is 10.8. The Bertz CT molecular complexity index is 401. The number of carbonyl (C=O) groups is 1. The van der Waals surface area contributed by atoms with Gasteiger partial charge < -0.3 is 5.73 Å². The molecule has 2 N–H and O–H groups in total. The molecule has 0 saturated carbocycles. The lowest BCUT2D eigenvalue weighted by atomic mass is 9.89. The van der Waals surface area contributed by atoms with Crippen LogP contribution in [-0.2, 0) is 12.8 Å². The third-order valence-electron chi connectivity index (χ3n) is 2.94. The molecule has 0 bridgehead atoms. The van der Waals surface area contributed by atoms with Gasteiger partial charge in [-0.05, 0) is 48.9 Å². The van der Waals surface area contributed by atoms with E-state index in [0.717, 1.165) is 12.8 Å². The first-order valence-corrected chi connectivity index (χ1v) is 5.76. The summed E-state index contributed by atoms with van der Waals surface area (Å²) in [6.07, 6.45) is 4.55. The Balaban J connectivity index is 2.44. The fourth-order valence-corrected chi connectivity index (χ4v) is 2.26. The molecule has 1 aliphatic carbocycles. The first kappa shape index (κ1) is 10.5. The molecule has 0 aliphatic heterocycles. The number of nitrogen functional groups attached to an aromatic ring is 1. The molecule has 0 atom stereocenters. The molecule has 0 aromatic heterocycles. The maximum absolute atomic E-state index is 11.5. The van der Waals surface area contributed by atoms with Crippen LogP contribution in [0.2, 0.25) is 0 Å². The van der Waals surface area contributed by atoms with Crippen LogP contribution in [0.1, 0.15) is 34.3 Å². The number of carbonyl (C=O) groups excluding carboxylic acids is 1. The largest absolute Gasteiger partial charge is 0.398 e. The number of anilines is 1. The van der Waals surface area contributed by atoms with Gasteiger partial charge in [0.1, 0.15) is 0 Å². The van der Waals surface area contributed by atoms with Crippen LogP contribution in [-0.4, -0.2) is 11.7 Å². The molecule has 15 heavy (non-hydrogen) atoms. The van der Waals surface area contributed by atoms with Crippen LogP contribution in [0.25, 0.3) is 0 Å². The Labute approximate surface area is 94.4 Å². The van der Waals surface area contributed by atoms with Crippen LogP contribution >= 0.6 is 11.6 Å². The summed E-state index contributed by atoms with van der Waals surface area (Å²) in [5.74, 6) is -0.0780. The van der Waals surface area contributed by atoms with Crippen LogP contribution in [0, 0.1) is 0 Å². The van der Waals surface area contributed by atoms with E-state index >= 15 is 0 Å². The predicted octanol–water partition coefficient (Wildman–Crippen LogP) is 2.57. The summed E-state index contributed by atoms with van der Waals surface area (Å²) in [5.41, 5.74) is 9.56. The number of hydrogen-bond acceptors (Lipinski definition) is 2. The summed E-state index contributed by atoms with van der Waals surface area (Å²) in [6.45, 7) is 0. The van der Waals surface area contributed by atoms with Gasteiger partial charge in [-0.2, -0.15) is 0 Å². The molecule has 1 aromatic rings. The van der Waals surface area contributed by atoms with Crippen LogP contribution < -0.4 is 5.73 Å². The molecule has 0 spiro atoms. The van der Waals surface area contributed by atoms with Gasteiger partial charge >= 0.3 is 0 Å². The molecule has 0 unspecified atom stereocenters. The molecular weight excluding hydrogens is 210 g/mol. The van der Waals surface area contributed by atoms with Crippen molar-refractivity contribution >= 4 is 23.1 Å². The van der Waals surface area contributed by atoms with E-state index in [4.69, 9.17) is 17.3 Å².